The van der Waals surface area contributed by atoms with Crippen LogP contribution in [0.1, 0.15) is 38.7 Å². The summed E-state index contributed by atoms with van der Waals surface area (Å²) in [4.78, 5) is 4.63. The van der Waals surface area contributed by atoms with Gasteiger partial charge in [0.2, 0.25) is 0 Å². The van der Waals surface area contributed by atoms with Gasteiger partial charge in [-0.15, -0.1) is 24.0 Å². The standard InChI is InChI=1S/C19H33N3O2.HI/c1-3-8-17(11-13-23)15-22-19(20-4-2)21-12-14-24-16-18-9-6-5-7-10-18;/h5-7,9-10,17,23H,3-4,8,11-16H2,1-2H3,(H2,20,21,22);1H. The molecule has 1 atom stereocenters. The van der Waals surface area contributed by atoms with Gasteiger partial charge in [0.15, 0.2) is 5.96 Å². The van der Waals surface area contributed by atoms with Gasteiger partial charge in [0.25, 0.3) is 0 Å². The quantitative estimate of drug-likeness (QED) is 0.193. The zero-order valence-corrected chi connectivity index (χ0v) is 17.9. The number of aliphatic imine (C=N–C) groups is 1. The number of halogens is 1. The molecule has 0 heterocycles. The van der Waals surface area contributed by atoms with Crippen LogP contribution in [0.5, 0.6) is 0 Å². The molecule has 0 amide bonds. The van der Waals surface area contributed by atoms with Crippen LogP contribution >= 0.6 is 24.0 Å². The Labute approximate surface area is 169 Å². The molecular weight excluding hydrogens is 429 g/mol. The van der Waals surface area contributed by atoms with Crippen molar-refractivity contribution in [1.82, 2.24) is 10.6 Å². The third kappa shape index (κ3) is 12.2. The van der Waals surface area contributed by atoms with Gasteiger partial charge in [0.1, 0.15) is 0 Å². The van der Waals surface area contributed by atoms with Crippen LogP contribution in [0.3, 0.4) is 0 Å². The van der Waals surface area contributed by atoms with Gasteiger partial charge < -0.3 is 20.5 Å². The molecule has 0 aromatic heterocycles. The fraction of sp³-hybridized carbons (Fsp3) is 0.632. The van der Waals surface area contributed by atoms with E-state index in [0.717, 1.165) is 44.9 Å². The molecule has 25 heavy (non-hydrogen) atoms. The van der Waals surface area contributed by atoms with Crippen LogP contribution < -0.4 is 10.6 Å². The molecule has 6 heteroatoms. The third-order valence-corrected chi connectivity index (χ3v) is 3.74. The molecule has 0 aliphatic rings. The zero-order valence-electron chi connectivity index (χ0n) is 15.5. The average molecular weight is 463 g/mol. The number of hydrogen-bond donors (Lipinski definition) is 3. The molecule has 0 radical (unpaired) electrons. The Morgan fingerprint density at radius 3 is 2.56 bits per heavy atom. The number of ether oxygens (including phenoxy) is 1. The predicted molar refractivity (Wildman–Crippen MR) is 116 cm³/mol. The molecule has 0 aliphatic heterocycles. The first-order chi connectivity index (χ1) is 11.8. The predicted octanol–water partition coefficient (Wildman–Crippen LogP) is 3.18. The van der Waals surface area contributed by atoms with Crippen LogP contribution in [0.25, 0.3) is 0 Å². The van der Waals surface area contributed by atoms with Gasteiger partial charge in [-0.1, -0.05) is 43.7 Å². The highest BCUT2D eigenvalue weighted by Crippen LogP contribution is 2.10. The number of hydrogen-bond acceptors (Lipinski definition) is 3. The second-order valence-corrected chi connectivity index (χ2v) is 5.85. The van der Waals surface area contributed by atoms with E-state index in [1.165, 1.54) is 5.56 Å². The van der Waals surface area contributed by atoms with E-state index in [2.05, 4.69) is 41.6 Å². The van der Waals surface area contributed by atoms with Gasteiger partial charge >= 0.3 is 0 Å². The van der Waals surface area contributed by atoms with Crippen molar-refractivity contribution in [3.8, 4) is 0 Å². The SMILES string of the molecule is CCCC(CCO)CN=C(NCC)NCCOCc1ccccc1.I. The Balaban J connectivity index is 0.00000576. The Hall–Kier alpha value is -0.860. The summed E-state index contributed by atoms with van der Waals surface area (Å²) in [6.07, 6.45) is 3.04. The number of nitrogens with zero attached hydrogens (tertiary/aromatic N) is 1. The molecule has 1 unspecified atom stereocenters. The fourth-order valence-electron chi connectivity index (χ4n) is 2.49. The number of aliphatic hydroxyl groups excluding tert-OH is 1. The van der Waals surface area contributed by atoms with Crippen LogP contribution in [0.4, 0.5) is 0 Å². The van der Waals surface area contributed by atoms with Crippen molar-refractivity contribution < 1.29 is 9.84 Å². The molecule has 0 aliphatic carbocycles. The Morgan fingerprint density at radius 1 is 1.16 bits per heavy atom. The summed E-state index contributed by atoms with van der Waals surface area (Å²) >= 11 is 0. The summed E-state index contributed by atoms with van der Waals surface area (Å²) in [7, 11) is 0. The summed E-state index contributed by atoms with van der Waals surface area (Å²) in [6.45, 7) is 8.01. The van der Waals surface area contributed by atoms with E-state index in [1.807, 2.05) is 18.2 Å². The minimum absolute atomic E-state index is 0. The van der Waals surface area contributed by atoms with Crippen molar-refractivity contribution in [3.05, 3.63) is 35.9 Å². The minimum Gasteiger partial charge on any atom is -0.396 e. The van der Waals surface area contributed by atoms with Crippen molar-refractivity contribution in [2.75, 3.05) is 32.8 Å². The van der Waals surface area contributed by atoms with Crippen LogP contribution in [0.2, 0.25) is 0 Å². The Bertz CT molecular complexity index is 438. The third-order valence-electron chi connectivity index (χ3n) is 3.74. The van der Waals surface area contributed by atoms with Crippen molar-refractivity contribution in [2.45, 2.75) is 39.7 Å². The molecule has 0 saturated heterocycles. The molecule has 0 bridgehead atoms. The van der Waals surface area contributed by atoms with Gasteiger partial charge in [0, 0.05) is 26.2 Å². The summed E-state index contributed by atoms with van der Waals surface area (Å²) in [5.41, 5.74) is 1.18. The lowest BCUT2D eigenvalue weighted by molar-refractivity contribution is 0.125. The molecule has 1 aromatic carbocycles. The van der Waals surface area contributed by atoms with Crippen molar-refractivity contribution in [3.63, 3.8) is 0 Å². The van der Waals surface area contributed by atoms with Gasteiger partial charge in [-0.3, -0.25) is 4.99 Å². The number of rotatable bonds is 12. The first-order valence-corrected chi connectivity index (χ1v) is 9.04. The number of aliphatic hydroxyl groups is 1. The van der Waals surface area contributed by atoms with Gasteiger partial charge in [-0.2, -0.15) is 0 Å². The summed E-state index contributed by atoms with van der Waals surface area (Å²) in [5, 5.41) is 15.7. The smallest absolute Gasteiger partial charge is 0.191 e. The monoisotopic (exact) mass is 463 g/mol. The largest absolute Gasteiger partial charge is 0.396 e. The van der Waals surface area contributed by atoms with Crippen LogP contribution in [-0.4, -0.2) is 43.9 Å². The lowest BCUT2D eigenvalue weighted by Gasteiger charge is -2.15. The second kappa shape index (κ2) is 16.6. The first-order valence-electron chi connectivity index (χ1n) is 9.04. The normalized spacial score (nSPS) is 12.4. The number of guanidine groups is 1. The molecule has 3 N–H and O–H groups in total. The molecule has 1 aromatic rings. The van der Waals surface area contributed by atoms with E-state index in [4.69, 9.17) is 9.84 Å². The van der Waals surface area contributed by atoms with Gasteiger partial charge in [-0.25, -0.2) is 0 Å². The molecule has 1 rings (SSSR count). The van der Waals surface area contributed by atoms with Crippen molar-refractivity contribution in [2.24, 2.45) is 10.9 Å². The van der Waals surface area contributed by atoms with E-state index in [-0.39, 0.29) is 30.6 Å². The molecular formula is C19H34IN3O2. The van der Waals surface area contributed by atoms with Gasteiger partial charge in [-0.05, 0) is 31.2 Å². The lowest BCUT2D eigenvalue weighted by Crippen LogP contribution is -2.39. The Kier molecular flexibility index (Phi) is 16.0. The highest BCUT2D eigenvalue weighted by Gasteiger charge is 2.07. The minimum atomic E-state index is 0. The lowest BCUT2D eigenvalue weighted by atomic mass is 10.0. The van der Waals surface area contributed by atoms with E-state index in [9.17, 15) is 0 Å². The van der Waals surface area contributed by atoms with Crippen molar-refractivity contribution >= 4 is 29.9 Å². The molecule has 0 spiro atoms. The second-order valence-electron chi connectivity index (χ2n) is 5.85. The van der Waals surface area contributed by atoms with Crippen LogP contribution in [-0.2, 0) is 11.3 Å². The summed E-state index contributed by atoms with van der Waals surface area (Å²) < 4.78 is 5.67. The zero-order chi connectivity index (χ0) is 17.5. The van der Waals surface area contributed by atoms with Crippen LogP contribution in [0, 0.1) is 5.92 Å². The van der Waals surface area contributed by atoms with Gasteiger partial charge in [0.05, 0.1) is 13.2 Å². The fourth-order valence-corrected chi connectivity index (χ4v) is 2.49. The average Bonchev–Trinajstić information content (AvgIpc) is 2.60. The number of nitrogens with one attached hydrogen (secondary N) is 2. The summed E-state index contributed by atoms with van der Waals surface area (Å²) in [5.74, 6) is 1.27. The molecule has 0 saturated carbocycles. The summed E-state index contributed by atoms with van der Waals surface area (Å²) in [6, 6.07) is 10.2. The maximum absolute atomic E-state index is 9.13. The molecule has 0 fully saturated rings. The maximum atomic E-state index is 9.13. The highest BCUT2D eigenvalue weighted by atomic mass is 127. The first kappa shape index (κ1) is 24.1. The van der Waals surface area contributed by atoms with E-state index >= 15 is 0 Å². The highest BCUT2D eigenvalue weighted by molar-refractivity contribution is 14.0. The maximum Gasteiger partial charge on any atom is 0.191 e. The Morgan fingerprint density at radius 2 is 1.92 bits per heavy atom. The number of benzene rings is 1. The molecule has 144 valence electrons. The topological polar surface area (TPSA) is 65.9 Å². The molecule has 5 nitrogen and oxygen atoms in total. The van der Waals surface area contributed by atoms with Crippen LogP contribution in [0.15, 0.2) is 35.3 Å². The van der Waals surface area contributed by atoms with Crippen molar-refractivity contribution in [1.29, 1.82) is 0 Å². The van der Waals surface area contributed by atoms with E-state index < -0.39 is 0 Å². The van der Waals surface area contributed by atoms with E-state index in [1.54, 1.807) is 0 Å². The van der Waals surface area contributed by atoms with E-state index in [0.29, 0.717) is 19.1 Å².